The summed E-state index contributed by atoms with van der Waals surface area (Å²) < 4.78 is 0. The van der Waals surface area contributed by atoms with Gasteiger partial charge in [0.25, 0.3) is 0 Å². The minimum atomic E-state index is 0.428. The molecule has 2 N–H and O–H groups in total. The zero-order valence-electron chi connectivity index (χ0n) is 10.1. The Hall–Kier alpha value is -0.0800. The second kappa shape index (κ2) is 5.13. The van der Waals surface area contributed by atoms with Crippen molar-refractivity contribution in [1.29, 1.82) is 0 Å². The fourth-order valence-electron chi connectivity index (χ4n) is 2.49. The van der Waals surface area contributed by atoms with Crippen molar-refractivity contribution in [2.45, 2.75) is 39.5 Å². The van der Waals surface area contributed by atoms with Crippen LogP contribution >= 0.6 is 0 Å². The zero-order chi connectivity index (χ0) is 10.6. The maximum absolute atomic E-state index is 5.96. The summed E-state index contributed by atoms with van der Waals surface area (Å²) in [7, 11) is 2.20. The van der Waals surface area contributed by atoms with Crippen molar-refractivity contribution >= 4 is 0 Å². The highest BCUT2D eigenvalue weighted by molar-refractivity contribution is 4.87. The highest BCUT2D eigenvalue weighted by Gasteiger charge is 2.33. The maximum Gasteiger partial charge on any atom is 0.00469 e. The molecule has 1 fully saturated rings. The maximum atomic E-state index is 5.96. The van der Waals surface area contributed by atoms with Crippen molar-refractivity contribution in [3.8, 4) is 0 Å². The summed E-state index contributed by atoms with van der Waals surface area (Å²) in [4.78, 5) is 2.41. The molecule has 1 aliphatic carbocycles. The molecule has 0 aromatic rings. The standard InChI is InChI=1S/C12H26N2/c1-4-14(3)10-12(9-13)7-5-11(2)6-8-12/h11H,4-10,13H2,1-3H3. The van der Waals surface area contributed by atoms with Crippen LogP contribution in [-0.2, 0) is 0 Å². The van der Waals surface area contributed by atoms with Gasteiger partial charge in [0, 0.05) is 6.54 Å². The lowest BCUT2D eigenvalue weighted by molar-refractivity contribution is 0.111. The Balaban J connectivity index is 2.49. The highest BCUT2D eigenvalue weighted by Crippen LogP contribution is 2.38. The average molecular weight is 198 g/mol. The number of rotatable bonds is 4. The molecule has 0 atom stereocenters. The van der Waals surface area contributed by atoms with Crippen molar-refractivity contribution in [3.63, 3.8) is 0 Å². The van der Waals surface area contributed by atoms with Crippen LogP contribution in [0.1, 0.15) is 39.5 Å². The molecule has 1 rings (SSSR count). The third kappa shape index (κ3) is 2.96. The predicted octanol–water partition coefficient (Wildman–Crippen LogP) is 2.09. The van der Waals surface area contributed by atoms with Crippen molar-refractivity contribution in [2.24, 2.45) is 17.1 Å². The molecule has 0 saturated heterocycles. The smallest absolute Gasteiger partial charge is 0.00469 e. The molecule has 1 saturated carbocycles. The van der Waals surface area contributed by atoms with Gasteiger partial charge in [-0.2, -0.15) is 0 Å². The Bertz CT molecular complexity index is 160. The topological polar surface area (TPSA) is 29.3 Å². The zero-order valence-corrected chi connectivity index (χ0v) is 10.1. The normalized spacial score (nSPS) is 33.6. The number of hydrogen-bond acceptors (Lipinski definition) is 2. The van der Waals surface area contributed by atoms with Crippen LogP contribution in [0.5, 0.6) is 0 Å². The molecule has 0 aromatic heterocycles. The third-order valence-electron chi connectivity index (χ3n) is 3.91. The molecule has 0 radical (unpaired) electrons. The quantitative estimate of drug-likeness (QED) is 0.749. The summed E-state index contributed by atoms with van der Waals surface area (Å²) in [6.07, 6.45) is 5.40. The van der Waals surface area contributed by atoms with Gasteiger partial charge in [0.2, 0.25) is 0 Å². The Kier molecular flexibility index (Phi) is 4.39. The highest BCUT2D eigenvalue weighted by atomic mass is 15.1. The second-order valence-corrected chi connectivity index (χ2v) is 5.22. The van der Waals surface area contributed by atoms with E-state index < -0.39 is 0 Å². The van der Waals surface area contributed by atoms with Gasteiger partial charge in [0.1, 0.15) is 0 Å². The van der Waals surface area contributed by atoms with E-state index in [1.165, 1.54) is 32.2 Å². The first-order valence-electron chi connectivity index (χ1n) is 6.00. The summed E-state index contributed by atoms with van der Waals surface area (Å²) in [6.45, 7) is 7.77. The molecule has 2 nitrogen and oxygen atoms in total. The fraction of sp³-hybridized carbons (Fsp3) is 1.00. The molecular formula is C12H26N2. The van der Waals surface area contributed by atoms with Gasteiger partial charge in [-0.3, -0.25) is 0 Å². The van der Waals surface area contributed by atoms with Gasteiger partial charge >= 0.3 is 0 Å². The SMILES string of the molecule is CCN(C)CC1(CN)CCC(C)CC1. The fourth-order valence-corrected chi connectivity index (χ4v) is 2.49. The third-order valence-corrected chi connectivity index (χ3v) is 3.91. The van der Waals surface area contributed by atoms with Gasteiger partial charge in [-0.25, -0.2) is 0 Å². The van der Waals surface area contributed by atoms with Crippen LogP contribution in [0.4, 0.5) is 0 Å². The van der Waals surface area contributed by atoms with Gasteiger partial charge in [0.15, 0.2) is 0 Å². The van der Waals surface area contributed by atoms with Gasteiger partial charge in [-0.15, -0.1) is 0 Å². The lowest BCUT2D eigenvalue weighted by atomic mass is 9.70. The van der Waals surface area contributed by atoms with E-state index in [-0.39, 0.29) is 0 Å². The minimum Gasteiger partial charge on any atom is -0.330 e. The largest absolute Gasteiger partial charge is 0.330 e. The molecule has 0 aliphatic heterocycles. The molecule has 0 heterocycles. The van der Waals surface area contributed by atoms with Crippen LogP contribution in [0.15, 0.2) is 0 Å². The van der Waals surface area contributed by atoms with Crippen LogP contribution in [0.3, 0.4) is 0 Å². The Morgan fingerprint density at radius 3 is 2.36 bits per heavy atom. The van der Waals surface area contributed by atoms with Gasteiger partial charge in [-0.1, -0.05) is 26.7 Å². The number of nitrogens with two attached hydrogens (primary N) is 1. The van der Waals surface area contributed by atoms with Gasteiger partial charge in [-0.05, 0) is 44.3 Å². The molecule has 1 aliphatic rings. The average Bonchev–Trinajstić information content (AvgIpc) is 2.22. The first-order valence-corrected chi connectivity index (χ1v) is 6.00. The molecule has 0 spiro atoms. The van der Waals surface area contributed by atoms with E-state index in [9.17, 15) is 0 Å². The van der Waals surface area contributed by atoms with Crippen molar-refractivity contribution in [2.75, 3.05) is 26.7 Å². The lowest BCUT2D eigenvalue weighted by Gasteiger charge is -2.41. The molecule has 84 valence electrons. The molecule has 14 heavy (non-hydrogen) atoms. The molecule has 2 heteroatoms. The van der Waals surface area contributed by atoms with Crippen LogP contribution in [-0.4, -0.2) is 31.6 Å². The van der Waals surface area contributed by atoms with E-state index in [4.69, 9.17) is 5.73 Å². The van der Waals surface area contributed by atoms with Crippen LogP contribution in [0.25, 0.3) is 0 Å². The number of hydrogen-bond donors (Lipinski definition) is 1. The Morgan fingerprint density at radius 1 is 1.36 bits per heavy atom. The summed E-state index contributed by atoms with van der Waals surface area (Å²) >= 11 is 0. The molecule has 0 amide bonds. The predicted molar refractivity (Wildman–Crippen MR) is 62.3 cm³/mol. The van der Waals surface area contributed by atoms with Crippen molar-refractivity contribution in [1.82, 2.24) is 4.90 Å². The minimum absolute atomic E-state index is 0.428. The first-order chi connectivity index (χ1) is 6.62. The number of nitrogens with zero attached hydrogens (tertiary/aromatic N) is 1. The molecule has 0 unspecified atom stereocenters. The van der Waals surface area contributed by atoms with Crippen LogP contribution in [0.2, 0.25) is 0 Å². The van der Waals surface area contributed by atoms with E-state index in [1.807, 2.05) is 0 Å². The van der Waals surface area contributed by atoms with E-state index >= 15 is 0 Å². The van der Waals surface area contributed by atoms with Crippen molar-refractivity contribution in [3.05, 3.63) is 0 Å². The van der Waals surface area contributed by atoms with Gasteiger partial charge in [0.05, 0.1) is 0 Å². The molecule has 0 bridgehead atoms. The van der Waals surface area contributed by atoms with Gasteiger partial charge < -0.3 is 10.6 Å². The monoisotopic (exact) mass is 198 g/mol. The molecular weight excluding hydrogens is 172 g/mol. The summed E-state index contributed by atoms with van der Waals surface area (Å²) in [5.41, 5.74) is 6.39. The summed E-state index contributed by atoms with van der Waals surface area (Å²) in [5, 5.41) is 0. The van der Waals surface area contributed by atoms with Crippen LogP contribution < -0.4 is 5.73 Å². The Morgan fingerprint density at radius 2 is 1.93 bits per heavy atom. The molecule has 0 aromatic carbocycles. The van der Waals surface area contributed by atoms with E-state index in [2.05, 4.69) is 25.8 Å². The van der Waals surface area contributed by atoms with E-state index in [0.29, 0.717) is 5.41 Å². The first kappa shape index (κ1) is 12.0. The summed E-state index contributed by atoms with van der Waals surface area (Å²) in [6, 6.07) is 0. The van der Waals surface area contributed by atoms with E-state index in [1.54, 1.807) is 0 Å². The Labute approximate surface area is 88.8 Å². The second-order valence-electron chi connectivity index (χ2n) is 5.22. The summed E-state index contributed by atoms with van der Waals surface area (Å²) in [5.74, 6) is 0.918. The van der Waals surface area contributed by atoms with E-state index in [0.717, 1.165) is 19.0 Å². The lowest BCUT2D eigenvalue weighted by Crippen LogP contribution is -2.43. The van der Waals surface area contributed by atoms with Crippen molar-refractivity contribution < 1.29 is 0 Å². The van der Waals surface area contributed by atoms with Crippen LogP contribution in [0, 0.1) is 11.3 Å².